The van der Waals surface area contributed by atoms with Crippen LogP contribution in [0.3, 0.4) is 0 Å². The van der Waals surface area contributed by atoms with Crippen molar-refractivity contribution in [3.8, 4) is 0 Å². The monoisotopic (exact) mass is 428 g/mol. The predicted molar refractivity (Wildman–Crippen MR) is 113 cm³/mol. The Balaban J connectivity index is 1.53. The molecule has 2 bridgehead atoms. The lowest BCUT2D eigenvalue weighted by molar-refractivity contribution is -0.136. The van der Waals surface area contributed by atoms with E-state index in [0.717, 1.165) is 18.6 Å². The number of amides is 1. The summed E-state index contributed by atoms with van der Waals surface area (Å²) >= 11 is 5.87. The van der Waals surface area contributed by atoms with Crippen molar-refractivity contribution in [2.75, 3.05) is 0 Å². The summed E-state index contributed by atoms with van der Waals surface area (Å²) < 4.78 is 5.33. The Morgan fingerprint density at radius 1 is 1.17 bits per heavy atom. The number of fused-ring (bicyclic) bond motifs is 2. The number of oxime groups is 1. The fourth-order valence-electron chi connectivity index (χ4n) is 5.01. The number of furan rings is 1. The van der Waals surface area contributed by atoms with Crippen LogP contribution in [0.15, 0.2) is 52.2 Å². The Labute approximate surface area is 180 Å². The Hall–Kier alpha value is -2.60. The van der Waals surface area contributed by atoms with Crippen molar-refractivity contribution in [2.24, 2.45) is 21.4 Å². The van der Waals surface area contributed by atoms with E-state index in [2.05, 4.69) is 31.2 Å². The van der Waals surface area contributed by atoms with Gasteiger partial charge in [-0.15, -0.1) is 0 Å². The molecule has 2 saturated carbocycles. The van der Waals surface area contributed by atoms with E-state index >= 15 is 0 Å². The van der Waals surface area contributed by atoms with E-state index in [1.807, 2.05) is 6.07 Å². The summed E-state index contributed by atoms with van der Waals surface area (Å²) in [6.45, 7) is 6.67. The Kier molecular flexibility index (Phi) is 5.01. The van der Waals surface area contributed by atoms with Crippen molar-refractivity contribution in [2.45, 2.75) is 46.6 Å². The molecule has 1 heterocycles. The third-order valence-corrected chi connectivity index (χ3v) is 7.74. The lowest BCUT2D eigenvalue weighted by Crippen LogP contribution is -2.46. The smallest absolute Gasteiger partial charge is 0.365 e. The molecule has 4 rings (SSSR count). The first-order chi connectivity index (χ1) is 14.2. The minimum atomic E-state index is -0.597. The van der Waals surface area contributed by atoms with E-state index in [1.165, 1.54) is 0 Å². The average molecular weight is 429 g/mol. The van der Waals surface area contributed by atoms with E-state index in [1.54, 1.807) is 36.6 Å². The molecule has 30 heavy (non-hydrogen) atoms. The van der Waals surface area contributed by atoms with Crippen LogP contribution in [0.4, 0.5) is 0 Å². The van der Waals surface area contributed by atoms with E-state index in [4.69, 9.17) is 20.9 Å². The number of rotatable bonds is 5. The third kappa shape index (κ3) is 3.05. The first kappa shape index (κ1) is 20.7. The van der Waals surface area contributed by atoms with E-state index < -0.39 is 11.4 Å². The van der Waals surface area contributed by atoms with Gasteiger partial charge in [0.25, 0.3) is 0 Å². The van der Waals surface area contributed by atoms with Crippen molar-refractivity contribution < 1.29 is 18.8 Å². The van der Waals surface area contributed by atoms with Gasteiger partial charge in [-0.3, -0.25) is 4.79 Å². The quantitative estimate of drug-likeness (QED) is 0.538. The average Bonchev–Trinajstić information content (AvgIpc) is 3.35. The normalized spacial score (nSPS) is 27.9. The van der Waals surface area contributed by atoms with E-state index in [-0.39, 0.29) is 16.7 Å². The summed E-state index contributed by atoms with van der Waals surface area (Å²) in [4.78, 5) is 30.9. The zero-order valence-corrected chi connectivity index (χ0v) is 18.1. The molecule has 0 saturated heterocycles. The van der Waals surface area contributed by atoms with Gasteiger partial charge < -0.3 is 14.6 Å². The number of halogens is 1. The van der Waals surface area contributed by atoms with Gasteiger partial charge in [0.2, 0.25) is 5.91 Å². The van der Waals surface area contributed by atoms with Crippen molar-refractivity contribution >= 4 is 29.2 Å². The zero-order chi connectivity index (χ0) is 21.6. The van der Waals surface area contributed by atoms with Gasteiger partial charge in [0.15, 0.2) is 0 Å². The minimum Gasteiger partial charge on any atom is -0.467 e. The number of carbonyl (C=O) groups excluding carboxylic acids is 2. The maximum Gasteiger partial charge on any atom is 0.365 e. The summed E-state index contributed by atoms with van der Waals surface area (Å²) in [6, 6.07) is 10.1. The molecule has 0 aliphatic heterocycles. The second-order valence-corrected chi connectivity index (χ2v) is 9.34. The summed E-state index contributed by atoms with van der Waals surface area (Å²) in [6.07, 6.45) is 3.64. The standard InChI is InChI=1S/C23H25ClN2O4/c1-21(2)22(3)10-11-23(21,20(28)25-14-17-5-4-12-29-17)13-18(22)26-30-19(27)15-6-8-16(24)9-7-15/h4-9,12H,10-11,13-14H2,1-3H3,(H,25,28)/b26-18+. The molecule has 2 aromatic rings. The molecule has 2 unspecified atom stereocenters. The van der Waals surface area contributed by atoms with Crippen LogP contribution in [0.25, 0.3) is 0 Å². The topological polar surface area (TPSA) is 80.9 Å². The van der Waals surface area contributed by atoms with Crippen LogP contribution >= 0.6 is 11.6 Å². The number of carbonyl (C=O) groups is 2. The van der Waals surface area contributed by atoms with Gasteiger partial charge in [-0.2, -0.15) is 0 Å². The number of hydrogen-bond donors (Lipinski definition) is 1. The predicted octanol–water partition coefficient (Wildman–Crippen LogP) is 4.98. The summed E-state index contributed by atoms with van der Waals surface area (Å²) in [5.41, 5.74) is -0.120. The van der Waals surface area contributed by atoms with Crippen LogP contribution in [-0.2, 0) is 16.2 Å². The van der Waals surface area contributed by atoms with Crippen molar-refractivity contribution in [1.29, 1.82) is 0 Å². The summed E-state index contributed by atoms with van der Waals surface area (Å²) in [5.74, 6) is 0.156. The minimum absolute atomic E-state index is 0.0122. The molecule has 7 heteroatoms. The van der Waals surface area contributed by atoms with Gasteiger partial charge in [-0.1, -0.05) is 37.5 Å². The van der Waals surface area contributed by atoms with Gasteiger partial charge in [0, 0.05) is 16.9 Å². The number of hydrogen-bond acceptors (Lipinski definition) is 5. The molecular weight excluding hydrogens is 404 g/mol. The third-order valence-electron chi connectivity index (χ3n) is 7.49. The Bertz CT molecular complexity index is 997. The van der Waals surface area contributed by atoms with Crippen LogP contribution in [0, 0.1) is 16.2 Å². The molecule has 2 atom stereocenters. The van der Waals surface area contributed by atoms with Gasteiger partial charge in [-0.05, 0) is 54.7 Å². The van der Waals surface area contributed by atoms with Crippen LogP contribution in [0.5, 0.6) is 0 Å². The molecule has 158 valence electrons. The molecule has 1 aromatic carbocycles. The van der Waals surface area contributed by atoms with Crippen molar-refractivity contribution in [1.82, 2.24) is 5.32 Å². The van der Waals surface area contributed by atoms with Gasteiger partial charge in [-0.25, -0.2) is 4.79 Å². The summed E-state index contributed by atoms with van der Waals surface area (Å²) in [5, 5.41) is 7.82. The molecule has 6 nitrogen and oxygen atoms in total. The molecule has 2 fully saturated rings. The lowest BCUT2D eigenvalue weighted by atomic mass is 9.64. The SMILES string of the molecule is CC12CCC(C(=O)NCc3ccco3)(C/C1=N\OC(=O)c1ccc(Cl)cc1)C2(C)C. The lowest BCUT2D eigenvalue weighted by Gasteiger charge is -2.39. The van der Waals surface area contributed by atoms with Crippen LogP contribution < -0.4 is 5.32 Å². The fourth-order valence-corrected chi connectivity index (χ4v) is 5.13. The van der Waals surface area contributed by atoms with E-state index in [9.17, 15) is 9.59 Å². The Morgan fingerprint density at radius 2 is 1.90 bits per heavy atom. The molecule has 2 aliphatic rings. The number of nitrogens with one attached hydrogen (secondary N) is 1. The van der Waals surface area contributed by atoms with Gasteiger partial charge in [0.1, 0.15) is 5.76 Å². The molecule has 1 N–H and O–H groups in total. The molecule has 0 radical (unpaired) electrons. The highest BCUT2D eigenvalue weighted by atomic mass is 35.5. The van der Waals surface area contributed by atoms with E-state index in [0.29, 0.717) is 29.3 Å². The maximum atomic E-state index is 13.3. The molecular formula is C23H25ClN2O4. The van der Waals surface area contributed by atoms with Gasteiger partial charge in [0.05, 0.1) is 29.5 Å². The Morgan fingerprint density at radius 3 is 2.57 bits per heavy atom. The first-order valence-electron chi connectivity index (χ1n) is 10.0. The van der Waals surface area contributed by atoms with Crippen LogP contribution in [0.1, 0.15) is 56.2 Å². The maximum absolute atomic E-state index is 13.3. The second-order valence-electron chi connectivity index (χ2n) is 8.90. The molecule has 0 spiro atoms. The van der Waals surface area contributed by atoms with Crippen LogP contribution in [0.2, 0.25) is 5.02 Å². The highest BCUT2D eigenvalue weighted by molar-refractivity contribution is 6.30. The van der Waals surface area contributed by atoms with Crippen molar-refractivity contribution in [3.63, 3.8) is 0 Å². The molecule has 2 aliphatic carbocycles. The second kappa shape index (κ2) is 7.27. The number of nitrogens with zero attached hydrogens (tertiary/aromatic N) is 1. The fraction of sp³-hybridized carbons (Fsp3) is 0.435. The molecule has 1 amide bonds. The molecule has 1 aromatic heterocycles. The zero-order valence-electron chi connectivity index (χ0n) is 17.3. The highest BCUT2D eigenvalue weighted by Crippen LogP contribution is 2.71. The van der Waals surface area contributed by atoms with Crippen molar-refractivity contribution in [3.05, 3.63) is 59.0 Å². The largest absolute Gasteiger partial charge is 0.467 e. The summed E-state index contributed by atoms with van der Waals surface area (Å²) in [7, 11) is 0. The van der Waals surface area contributed by atoms with Crippen LogP contribution in [-0.4, -0.2) is 17.6 Å². The number of benzene rings is 1. The van der Waals surface area contributed by atoms with Gasteiger partial charge >= 0.3 is 5.97 Å². The highest BCUT2D eigenvalue weighted by Gasteiger charge is 2.71. The first-order valence-corrected chi connectivity index (χ1v) is 10.4.